The van der Waals surface area contributed by atoms with E-state index in [1.165, 1.54) is 6.33 Å². The van der Waals surface area contributed by atoms with Crippen molar-refractivity contribution in [1.29, 1.82) is 0 Å². The number of thiophene rings is 1. The van der Waals surface area contributed by atoms with E-state index < -0.39 is 0 Å². The smallest absolute Gasteiger partial charge is 0.261 e. The van der Waals surface area contributed by atoms with E-state index >= 15 is 0 Å². The molecule has 0 fully saturated rings. The summed E-state index contributed by atoms with van der Waals surface area (Å²) in [6.45, 7) is 4.85. The molecule has 0 unspecified atom stereocenters. The second-order valence-corrected chi connectivity index (χ2v) is 8.55. The first-order chi connectivity index (χ1) is 15.0. The zero-order valence-corrected chi connectivity index (χ0v) is 18.1. The van der Waals surface area contributed by atoms with E-state index in [1.54, 1.807) is 45.1 Å². The van der Waals surface area contributed by atoms with Crippen LogP contribution in [0.4, 0.5) is 5.69 Å². The highest BCUT2D eigenvalue weighted by atomic mass is 32.1. The molecule has 1 aromatic carbocycles. The lowest BCUT2D eigenvalue weighted by Crippen LogP contribution is -2.22. The molecule has 160 valence electrons. The molecule has 3 heterocycles. The van der Waals surface area contributed by atoms with Gasteiger partial charge in [0.15, 0.2) is 0 Å². The van der Waals surface area contributed by atoms with Crippen molar-refractivity contribution in [3.05, 3.63) is 63.6 Å². The Labute approximate surface area is 182 Å². The summed E-state index contributed by atoms with van der Waals surface area (Å²) in [5.41, 5.74) is 2.02. The molecule has 1 atom stereocenters. The van der Waals surface area contributed by atoms with E-state index in [9.17, 15) is 9.59 Å². The molecule has 0 spiro atoms. The van der Waals surface area contributed by atoms with Gasteiger partial charge in [-0.15, -0.1) is 5.10 Å². The summed E-state index contributed by atoms with van der Waals surface area (Å²) in [6, 6.07) is 6.83. The van der Waals surface area contributed by atoms with Crippen LogP contribution in [-0.2, 0) is 11.3 Å². The number of carbonyl (C=O) groups is 1. The van der Waals surface area contributed by atoms with Gasteiger partial charge in [-0.2, -0.15) is 11.3 Å². The lowest BCUT2D eigenvalue weighted by atomic mass is 10.1. The van der Waals surface area contributed by atoms with Crippen LogP contribution in [0.15, 0.2) is 52.5 Å². The number of rotatable bonds is 8. The zero-order chi connectivity index (χ0) is 21.8. The number of amides is 1. The van der Waals surface area contributed by atoms with Crippen LogP contribution >= 0.6 is 11.3 Å². The van der Waals surface area contributed by atoms with Gasteiger partial charge in [0.2, 0.25) is 5.91 Å². The highest BCUT2D eigenvalue weighted by Gasteiger charge is 2.20. The van der Waals surface area contributed by atoms with Gasteiger partial charge in [-0.25, -0.2) is 9.67 Å². The molecule has 0 saturated carbocycles. The molecule has 0 bridgehead atoms. The van der Waals surface area contributed by atoms with E-state index in [-0.39, 0.29) is 23.9 Å². The maximum absolute atomic E-state index is 12.9. The summed E-state index contributed by atoms with van der Waals surface area (Å²) in [6.07, 6.45) is 4.13. The topological polar surface area (TPSA) is 108 Å². The van der Waals surface area contributed by atoms with Crippen molar-refractivity contribution >= 4 is 33.8 Å². The first-order valence-corrected chi connectivity index (χ1v) is 11.0. The van der Waals surface area contributed by atoms with Crippen LogP contribution in [0.25, 0.3) is 10.9 Å². The lowest BCUT2D eigenvalue weighted by Gasteiger charge is -2.15. The third-order valence-electron chi connectivity index (χ3n) is 5.05. The molecular weight excluding hydrogens is 414 g/mol. The minimum atomic E-state index is -0.309. The minimum Gasteiger partial charge on any atom is -0.326 e. The predicted octanol–water partition coefficient (Wildman–Crippen LogP) is 3.11. The fourth-order valence-corrected chi connectivity index (χ4v) is 4.03. The summed E-state index contributed by atoms with van der Waals surface area (Å²) in [5.74, 6) is 0.291. The Morgan fingerprint density at radius 2 is 2.10 bits per heavy atom. The summed E-state index contributed by atoms with van der Waals surface area (Å²) < 4.78 is 3.19. The minimum absolute atomic E-state index is 0.105. The second kappa shape index (κ2) is 9.17. The molecule has 0 aliphatic rings. The van der Waals surface area contributed by atoms with Gasteiger partial charge in [0.25, 0.3) is 5.56 Å². The zero-order valence-electron chi connectivity index (χ0n) is 17.3. The summed E-state index contributed by atoms with van der Waals surface area (Å²) in [7, 11) is 0. The van der Waals surface area contributed by atoms with Crippen molar-refractivity contribution in [2.45, 2.75) is 39.3 Å². The monoisotopic (exact) mass is 437 g/mol. The molecule has 0 aliphatic carbocycles. The summed E-state index contributed by atoms with van der Waals surface area (Å²) in [4.78, 5) is 30.0. The Bertz CT molecular complexity index is 1180. The van der Waals surface area contributed by atoms with E-state index in [1.807, 2.05) is 16.8 Å². The van der Waals surface area contributed by atoms with Crippen LogP contribution in [0.5, 0.6) is 0 Å². The number of hydrogen-bond acceptors (Lipinski definition) is 7. The number of carbonyl (C=O) groups excluding carboxylic acids is 1. The lowest BCUT2D eigenvalue weighted by molar-refractivity contribution is -0.116. The van der Waals surface area contributed by atoms with Gasteiger partial charge >= 0.3 is 0 Å². The molecule has 0 radical (unpaired) electrons. The van der Waals surface area contributed by atoms with Crippen molar-refractivity contribution in [1.82, 2.24) is 29.8 Å². The molecule has 3 aromatic heterocycles. The van der Waals surface area contributed by atoms with Crippen LogP contribution in [0, 0.1) is 5.92 Å². The molecule has 4 aromatic rings. The SMILES string of the molecule is CC(C)CCn1cnc2ccc(NC(=O)C[C@@H](c3ccsc3)n3cnnn3)cc2c1=O. The third-order valence-corrected chi connectivity index (χ3v) is 5.75. The Balaban J connectivity index is 1.54. The summed E-state index contributed by atoms with van der Waals surface area (Å²) in [5, 5.41) is 18.6. The molecule has 10 heteroatoms. The molecule has 1 N–H and O–H groups in total. The van der Waals surface area contributed by atoms with E-state index in [0.29, 0.717) is 29.1 Å². The molecule has 31 heavy (non-hydrogen) atoms. The van der Waals surface area contributed by atoms with Crippen molar-refractivity contribution in [2.24, 2.45) is 5.92 Å². The van der Waals surface area contributed by atoms with Gasteiger partial charge in [0.05, 0.1) is 29.7 Å². The quantitative estimate of drug-likeness (QED) is 0.454. The third kappa shape index (κ3) is 4.85. The predicted molar refractivity (Wildman–Crippen MR) is 119 cm³/mol. The second-order valence-electron chi connectivity index (χ2n) is 7.77. The van der Waals surface area contributed by atoms with E-state index in [4.69, 9.17) is 0 Å². The fourth-order valence-electron chi connectivity index (χ4n) is 3.32. The maximum atomic E-state index is 12.9. The van der Waals surface area contributed by atoms with E-state index in [0.717, 1.165) is 12.0 Å². The fraction of sp³-hybridized carbons (Fsp3) is 0.333. The number of fused-ring (bicyclic) bond motifs is 1. The van der Waals surface area contributed by atoms with Gasteiger partial charge in [0.1, 0.15) is 6.33 Å². The van der Waals surface area contributed by atoms with Crippen LogP contribution in [0.2, 0.25) is 0 Å². The number of anilines is 1. The number of aromatic nitrogens is 6. The largest absolute Gasteiger partial charge is 0.326 e. The molecule has 4 rings (SSSR count). The highest BCUT2D eigenvalue weighted by Crippen LogP contribution is 2.24. The number of tetrazole rings is 1. The molecular formula is C21H23N7O2S. The first-order valence-electron chi connectivity index (χ1n) is 10.0. The summed E-state index contributed by atoms with van der Waals surface area (Å²) >= 11 is 1.55. The van der Waals surface area contributed by atoms with Crippen molar-refractivity contribution in [2.75, 3.05) is 5.32 Å². The molecule has 0 aliphatic heterocycles. The van der Waals surface area contributed by atoms with Crippen LogP contribution in [-0.4, -0.2) is 35.7 Å². The Hall–Kier alpha value is -3.40. The number of nitrogens with one attached hydrogen (secondary N) is 1. The van der Waals surface area contributed by atoms with Gasteiger partial charge in [-0.05, 0) is 63.4 Å². The standard InChI is InChI=1S/C21H23N7O2S/c1-14(2)5-7-27-12-22-18-4-3-16(9-17(18)21(27)30)24-20(29)10-19(15-6-8-31-11-15)28-13-23-25-26-28/h3-4,6,8-9,11-14,19H,5,7,10H2,1-2H3,(H,24,29)/t19-/m0/s1. The van der Waals surface area contributed by atoms with Gasteiger partial charge < -0.3 is 5.32 Å². The van der Waals surface area contributed by atoms with E-state index in [2.05, 4.69) is 39.7 Å². The van der Waals surface area contributed by atoms with Gasteiger partial charge in [-0.1, -0.05) is 13.8 Å². The highest BCUT2D eigenvalue weighted by molar-refractivity contribution is 7.08. The Kier molecular flexibility index (Phi) is 6.17. The normalized spacial score (nSPS) is 12.4. The molecule has 9 nitrogen and oxygen atoms in total. The number of aryl methyl sites for hydroxylation is 1. The number of benzene rings is 1. The molecule has 1 amide bonds. The van der Waals surface area contributed by atoms with Crippen LogP contribution in [0.3, 0.4) is 0 Å². The van der Waals surface area contributed by atoms with Crippen LogP contribution < -0.4 is 10.9 Å². The van der Waals surface area contributed by atoms with Crippen molar-refractivity contribution < 1.29 is 4.79 Å². The van der Waals surface area contributed by atoms with Crippen molar-refractivity contribution in [3.63, 3.8) is 0 Å². The number of nitrogens with zero attached hydrogens (tertiary/aromatic N) is 6. The Morgan fingerprint density at radius 3 is 2.81 bits per heavy atom. The Morgan fingerprint density at radius 1 is 1.23 bits per heavy atom. The average Bonchev–Trinajstić information content (AvgIpc) is 3.46. The number of hydrogen-bond donors (Lipinski definition) is 1. The maximum Gasteiger partial charge on any atom is 0.261 e. The van der Waals surface area contributed by atoms with Crippen molar-refractivity contribution in [3.8, 4) is 0 Å². The first kappa shape index (κ1) is 20.9. The van der Waals surface area contributed by atoms with Gasteiger partial charge in [0, 0.05) is 12.2 Å². The average molecular weight is 438 g/mol. The molecule has 0 saturated heterocycles. The van der Waals surface area contributed by atoms with Gasteiger partial charge in [-0.3, -0.25) is 14.2 Å². The van der Waals surface area contributed by atoms with Crippen LogP contribution in [0.1, 0.15) is 38.3 Å².